The Bertz CT molecular complexity index is 577. The first-order valence-corrected chi connectivity index (χ1v) is 10.4. The first kappa shape index (κ1) is 16.8. The smallest absolute Gasteiger partial charge is 0.270 e. The molecule has 1 aromatic rings. The van der Waals surface area contributed by atoms with Crippen LogP contribution in [0.25, 0.3) is 0 Å². The van der Waals surface area contributed by atoms with Crippen molar-refractivity contribution in [3.63, 3.8) is 0 Å². The van der Waals surface area contributed by atoms with Crippen molar-refractivity contribution in [3.8, 4) is 0 Å². The maximum atomic E-state index is 11.8. The fourth-order valence-electron chi connectivity index (χ4n) is 2.67. The number of nitrogens with one attached hydrogen (secondary N) is 1. The molecule has 0 unspecified atom stereocenters. The van der Waals surface area contributed by atoms with Gasteiger partial charge in [0, 0.05) is 28.5 Å². The van der Waals surface area contributed by atoms with E-state index in [2.05, 4.69) is 5.32 Å². The Morgan fingerprint density at radius 3 is 2.62 bits per heavy atom. The number of thiophene rings is 1. The van der Waals surface area contributed by atoms with Crippen molar-refractivity contribution in [2.24, 2.45) is 5.92 Å². The van der Waals surface area contributed by atoms with Gasteiger partial charge in [0.05, 0.1) is 0 Å². The number of rotatable bonds is 6. The second kappa shape index (κ2) is 7.61. The van der Waals surface area contributed by atoms with E-state index in [0.717, 1.165) is 29.1 Å². The van der Waals surface area contributed by atoms with Gasteiger partial charge in [-0.25, -0.2) is 8.42 Å². The fraction of sp³-hybridized carbons (Fsp3) is 0.643. The van der Waals surface area contributed by atoms with Gasteiger partial charge in [0.1, 0.15) is 4.21 Å². The van der Waals surface area contributed by atoms with Crippen LogP contribution < -0.4 is 5.32 Å². The third kappa shape index (κ3) is 5.60. The number of hydrogen-bond acceptors (Lipinski definition) is 4. The van der Waals surface area contributed by atoms with Crippen molar-refractivity contribution >= 4 is 37.0 Å². The lowest BCUT2D eigenvalue weighted by atomic mass is 9.87. The van der Waals surface area contributed by atoms with Gasteiger partial charge in [-0.3, -0.25) is 4.79 Å². The van der Waals surface area contributed by atoms with Crippen LogP contribution in [0.5, 0.6) is 0 Å². The summed E-state index contributed by atoms with van der Waals surface area (Å²) < 4.78 is 22.5. The summed E-state index contributed by atoms with van der Waals surface area (Å²) in [4.78, 5) is 12.8. The Balaban J connectivity index is 1.71. The van der Waals surface area contributed by atoms with Crippen LogP contribution in [0.1, 0.15) is 43.4 Å². The van der Waals surface area contributed by atoms with Gasteiger partial charge in [-0.2, -0.15) is 0 Å². The molecule has 0 atom stereocenters. The van der Waals surface area contributed by atoms with Crippen molar-refractivity contribution in [2.75, 3.05) is 6.54 Å². The Morgan fingerprint density at radius 2 is 2.00 bits per heavy atom. The maximum absolute atomic E-state index is 11.8. The SMILES string of the molecule is O=C(CC1CCCCC1)NCCc1ccc(S(=O)(=O)Cl)s1. The summed E-state index contributed by atoms with van der Waals surface area (Å²) in [6, 6.07) is 3.25. The third-order valence-electron chi connectivity index (χ3n) is 3.77. The van der Waals surface area contributed by atoms with Gasteiger partial charge < -0.3 is 5.32 Å². The van der Waals surface area contributed by atoms with Crippen LogP contribution in [0.4, 0.5) is 0 Å². The summed E-state index contributed by atoms with van der Waals surface area (Å²) in [5.74, 6) is 0.636. The van der Waals surface area contributed by atoms with Crippen LogP contribution >= 0.6 is 22.0 Å². The summed E-state index contributed by atoms with van der Waals surface area (Å²) >= 11 is 1.16. The van der Waals surface area contributed by atoms with Crippen molar-refractivity contribution in [1.29, 1.82) is 0 Å². The van der Waals surface area contributed by atoms with Gasteiger partial charge in [0.2, 0.25) is 5.91 Å². The van der Waals surface area contributed by atoms with Gasteiger partial charge in [-0.05, 0) is 37.3 Å². The molecular formula is C14H20ClNO3S2. The number of carbonyl (C=O) groups excluding carboxylic acids is 1. The minimum Gasteiger partial charge on any atom is -0.356 e. The summed E-state index contributed by atoms with van der Waals surface area (Å²) in [5, 5.41) is 2.91. The standard InChI is InChI=1S/C14H20ClNO3S2/c15-21(18,19)14-7-6-12(20-14)8-9-16-13(17)10-11-4-2-1-3-5-11/h6-7,11H,1-5,8-10H2,(H,16,17). The predicted octanol–water partition coefficient (Wildman–Crippen LogP) is 3.30. The van der Waals surface area contributed by atoms with Crippen molar-refractivity contribution in [3.05, 3.63) is 17.0 Å². The molecule has 21 heavy (non-hydrogen) atoms. The van der Waals surface area contributed by atoms with Crippen molar-refractivity contribution in [1.82, 2.24) is 5.32 Å². The molecule has 1 aromatic heterocycles. The Kier molecular flexibility index (Phi) is 6.08. The van der Waals surface area contributed by atoms with E-state index < -0.39 is 9.05 Å². The lowest BCUT2D eigenvalue weighted by Crippen LogP contribution is -2.28. The molecule has 0 radical (unpaired) electrons. The number of carbonyl (C=O) groups is 1. The average molecular weight is 350 g/mol. The molecule has 1 aliphatic rings. The molecule has 1 saturated carbocycles. The number of amides is 1. The summed E-state index contributed by atoms with van der Waals surface area (Å²) in [6.07, 6.45) is 7.34. The largest absolute Gasteiger partial charge is 0.356 e. The Morgan fingerprint density at radius 1 is 1.29 bits per heavy atom. The summed E-state index contributed by atoms with van der Waals surface area (Å²) in [7, 11) is 1.64. The molecular weight excluding hydrogens is 330 g/mol. The lowest BCUT2D eigenvalue weighted by molar-refractivity contribution is -0.122. The van der Waals surface area contributed by atoms with E-state index in [-0.39, 0.29) is 10.1 Å². The zero-order valence-corrected chi connectivity index (χ0v) is 14.2. The van der Waals surface area contributed by atoms with E-state index in [1.807, 2.05) is 0 Å². The lowest BCUT2D eigenvalue weighted by Gasteiger charge is -2.20. The van der Waals surface area contributed by atoms with Crippen molar-refractivity contribution in [2.45, 2.75) is 49.2 Å². The highest BCUT2D eigenvalue weighted by molar-refractivity contribution is 8.15. The molecule has 0 saturated heterocycles. The van der Waals surface area contributed by atoms with Gasteiger partial charge in [-0.15, -0.1) is 11.3 Å². The topological polar surface area (TPSA) is 63.2 Å². The first-order chi connectivity index (χ1) is 9.95. The fourth-order valence-corrected chi connectivity index (χ4v) is 4.80. The van der Waals surface area contributed by atoms with Crippen LogP contribution in [-0.4, -0.2) is 20.9 Å². The van der Waals surface area contributed by atoms with Gasteiger partial charge >= 0.3 is 0 Å². The molecule has 0 bridgehead atoms. The van der Waals surface area contributed by atoms with Crippen LogP contribution in [0.3, 0.4) is 0 Å². The Labute approximate surface area is 134 Å². The minimum atomic E-state index is -3.64. The van der Waals surface area contributed by atoms with Crippen molar-refractivity contribution < 1.29 is 13.2 Å². The maximum Gasteiger partial charge on any atom is 0.270 e. The number of halogens is 1. The molecule has 2 rings (SSSR count). The quantitative estimate of drug-likeness (QED) is 0.801. The third-order valence-corrected chi connectivity index (χ3v) is 7.01. The second-order valence-electron chi connectivity index (χ2n) is 5.47. The summed E-state index contributed by atoms with van der Waals surface area (Å²) in [6.45, 7) is 0.536. The zero-order valence-electron chi connectivity index (χ0n) is 11.8. The highest BCUT2D eigenvalue weighted by atomic mass is 35.7. The summed E-state index contributed by atoms with van der Waals surface area (Å²) in [5.41, 5.74) is 0. The molecule has 4 nitrogen and oxygen atoms in total. The van der Waals surface area contributed by atoms with Gasteiger partial charge in [-0.1, -0.05) is 19.3 Å². The van der Waals surface area contributed by atoms with E-state index in [4.69, 9.17) is 10.7 Å². The van der Waals surface area contributed by atoms with Crippen LogP contribution in [0.15, 0.2) is 16.3 Å². The molecule has 1 aliphatic carbocycles. The molecule has 0 spiro atoms. The molecule has 1 amide bonds. The molecule has 0 aliphatic heterocycles. The molecule has 0 aromatic carbocycles. The average Bonchev–Trinajstić information content (AvgIpc) is 2.88. The highest BCUT2D eigenvalue weighted by Crippen LogP contribution is 2.26. The molecule has 1 fully saturated rings. The molecule has 118 valence electrons. The normalized spacial score (nSPS) is 16.8. The van der Waals surface area contributed by atoms with Crippen LogP contribution in [0.2, 0.25) is 0 Å². The highest BCUT2D eigenvalue weighted by Gasteiger charge is 2.17. The second-order valence-corrected chi connectivity index (χ2v) is 9.43. The van der Waals surface area contributed by atoms with Gasteiger partial charge in [0.15, 0.2) is 0 Å². The number of hydrogen-bond donors (Lipinski definition) is 1. The van der Waals surface area contributed by atoms with Gasteiger partial charge in [0.25, 0.3) is 9.05 Å². The molecule has 1 N–H and O–H groups in total. The molecule has 7 heteroatoms. The van der Waals surface area contributed by atoms with E-state index in [0.29, 0.717) is 25.3 Å². The van der Waals surface area contributed by atoms with E-state index >= 15 is 0 Å². The van der Waals surface area contributed by atoms with E-state index in [9.17, 15) is 13.2 Å². The predicted molar refractivity (Wildman–Crippen MR) is 85.3 cm³/mol. The van der Waals surface area contributed by atoms with Crippen LogP contribution in [-0.2, 0) is 20.3 Å². The zero-order chi connectivity index (χ0) is 15.3. The minimum absolute atomic E-state index is 0.101. The van der Waals surface area contributed by atoms with E-state index in [1.165, 1.54) is 25.3 Å². The van der Waals surface area contributed by atoms with E-state index in [1.54, 1.807) is 6.07 Å². The Hall–Kier alpha value is -0.590. The monoisotopic (exact) mass is 349 g/mol. The first-order valence-electron chi connectivity index (χ1n) is 7.25. The van der Waals surface area contributed by atoms with Crippen LogP contribution in [0, 0.1) is 5.92 Å². The molecule has 1 heterocycles.